The van der Waals surface area contributed by atoms with Crippen molar-refractivity contribution < 1.29 is 27.4 Å². The van der Waals surface area contributed by atoms with Crippen LogP contribution in [0, 0.1) is 11.8 Å². The van der Waals surface area contributed by atoms with Gasteiger partial charge in [0.2, 0.25) is 10.0 Å². The summed E-state index contributed by atoms with van der Waals surface area (Å²) >= 11 is 6.42. The number of hydrogen-bond donors (Lipinski definition) is 1. The largest absolute Gasteiger partial charge is 0.490 e. The number of hydrogen-bond acceptors (Lipinski definition) is 7. The molecule has 2 aliphatic heterocycles. The first-order valence-electron chi connectivity index (χ1n) is 16.4. The maximum absolute atomic E-state index is 13.5. The Kier molecular flexibility index (Phi) is 9.81. The number of carbonyl (C=O) groups excluding carboxylic acids is 1. The smallest absolute Gasteiger partial charge is 0.264 e. The number of nitrogens with one attached hydrogen (secondary N) is 1. The number of carbonyl (C=O) groups is 1. The van der Waals surface area contributed by atoms with Crippen LogP contribution in [0.4, 0.5) is 5.69 Å². The molecule has 1 saturated carbocycles. The van der Waals surface area contributed by atoms with Crippen LogP contribution >= 0.6 is 11.6 Å². The van der Waals surface area contributed by atoms with Gasteiger partial charge in [-0.3, -0.25) is 4.79 Å². The first kappa shape index (κ1) is 32.4. The van der Waals surface area contributed by atoms with Crippen LogP contribution in [-0.2, 0) is 31.3 Å². The monoisotopic (exact) mass is 656 g/mol. The summed E-state index contributed by atoms with van der Waals surface area (Å²) < 4.78 is 47.2. The van der Waals surface area contributed by atoms with E-state index in [0.29, 0.717) is 56.5 Å². The van der Waals surface area contributed by atoms with Crippen LogP contribution in [-0.4, -0.2) is 65.7 Å². The molecule has 2 bridgehead atoms. The molecule has 1 N–H and O–H groups in total. The quantitative estimate of drug-likeness (QED) is 0.309. The molecular weight excluding hydrogens is 612 g/mol. The zero-order valence-electron chi connectivity index (χ0n) is 26.3. The third-order valence-corrected chi connectivity index (χ3v) is 12.5. The Balaban J connectivity index is 1.38. The summed E-state index contributed by atoms with van der Waals surface area (Å²) in [5, 5.41) is 0.0336. The minimum Gasteiger partial charge on any atom is -0.490 e. The van der Waals surface area contributed by atoms with Gasteiger partial charge >= 0.3 is 0 Å². The number of aryl methyl sites for hydroxylation is 1. The molecule has 2 aliphatic carbocycles. The van der Waals surface area contributed by atoms with Crippen LogP contribution in [0.5, 0.6) is 5.75 Å². The maximum Gasteiger partial charge on any atom is 0.264 e. The van der Waals surface area contributed by atoms with Crippen molar-refractivity contribution in [1.82, 2.24) is 4.72 Å². The molecule has 0 saturated heterocycles. The van der Waals surface area contributed by atoms with E-state index in [4.69, 9.17) is 25.8 Å². The van der Waals surface area contributed by atoms with Gasteiger partial charge in [0.05, 0.1) is 36.9 Å². The number of ether oxygens (including phenoxy) is 3. The number of methoxy groups -OCH3 is 1. The van der Waals surface area contributed by atoms with Crippen LogP contribution in [0.1, 0.15) is 73.4 Å². The molecule has 244 valence electrons. The number of anilines is 1. The molecule has 0 aromatic heterocycles. The predicted octanol–water partition coefficient (Wildman–Crippen LogP) is 6.06. The second kappa shape index (κ2) is 13.6. The number of amides is 1. The molecule has 2 heterocycles. The van der Waals surface area contributed by atoms with E-state index in [0.717, 1.165) is 61.7 Å². The Bertz CT molecular complexity index is 1530. The summed E-state index contributed by atoms with van der Waals surface area (Å²) in [7, 11) is -2.28. The Morgan fingerprint density at radius 2 is 1.96 bits per heavy atom. The standard InChI is InChI=1S/C35H45ClN2O6S/c1-3-30-13-12-29(43-18-17-42-2)11-8-24-6-7-27(24)21-38-22-35(16-4-5-25-19-28(36)10-14-31(25)35)23-44-33-15-9-26(20-32(33)38)34(39)37-45(30,40)41/h8-11,14-15,19-20,24,27,29-30H,3-7,12-13,16-18,21-23H2,1-2H3,(H,37,39)/b11-8-/t24-,27-,29+,30+,35-/m0/s1. The van der Waals surface area contributed by atoms with Gasteiger partial charge in [0.15, 0.2) is 0 Å². The lowest BCUT2D eigenvalue weighted by molar-refractivity contribution is 0.0345. The fourth-order valence-electron chi connectivity index (χ4n) is 7.60. The number of fused-ring (bicyclic) bond motifs is 4. The minimum absolute atomic E-state index is 0.228. The molecule has 5 atom stereocenters. The number of allylic oxidation sites excluding steroid dienone is 1. The van der Waals surface area contributed by atoms with Crippen molar-refractivity contribution in [3.05, 3.63) is 70.3 Å². The lowest BCUT2D eigenvalue weighted by Crippen LogP contribution is -2.48. The van der Waals surface area contributed by atoms with Crippen LogP contribution in [0.25, 0.3) is 0 Å². The average Bonchev–Trinajstić information content (AvgIpc) is 3.15. The molecule has 6 rings (SSSR count). The molecule has 0 unspecified atom stereocenters. The highest BCUT2D eigenvalue weighted by Gasteiger charge is 2.43. The van der Waals surface area contributed by atoms with Crippen molar-refractivity contribution >= 4 is 33.2 Å². The van der Waals surface area contributed by atoms with Crippen molar-refractivity contribution in [2.75, 3.05) is 44.9 Å². The predicted molar refractivity (Wildman–Crippen MR) is 177 cm³/mol. The summed E-state index contributed by atoms with van der Waals surface area (Å²) in [6.45, 7) is 4.82. The normalized spacial score (nSPS) is 30.2. The van der Waals surface area contributed by atoms with Gasteiger partial charge in [0, 0.05) is 36.2 Å². The summed E-state index contributed by atoms with van der Waals surface area (Å²) in [6.07, 6.45) is 10.7. The molecule has 1 fully saturated rings. The zero-order valence-corrected chi connectivity index (χ0v) is 27.9. The van der Waals surface area contributed by atoms with Gasteiger partial charge in [-0.25, -0.2) is 13.1 Å². The Hall–Kier alpha value is -2.59. The molecule has 1 spiro atoms. The van der Waals surface area contributed by atoms with Crippen LogP contribution in [0.3, 0.4) is 0 Å². The molecular formula is C35H45ClN2O6S. The Labute approximate surface area is 272 Å². The molecule has 2 aromatic rings. The first-order valence-corrected chi connectivity index (χ1v) is 18.3. The molecule has 8 nitrogen and oxygen atoms in total. The third kappa shape index (κ3) is 6.92. The van der Waals surface area contributed by atoms with Crippen LogP contribution in [0.15, 0.2) is 48.6 Å². The maximum atomic E-state index is 13.5. The van der Waals surface area contributed by atoms with Crippen molar-refractivity contribution in [2.24, 2.45) is 11.8 Å². The lowest BCUT2D eigenvalue weighted by Gasteiger charge is -2.44. The SMILES string of the molecule is CC[C@@H]1CC[C@H](OCCOC)/C=C\[C@@H]2CC[C@H]2CN2C[C@@]3(CCCc4cc(Cl)ccc43)COc3ccc(cc32)C(=O)NS1(=O)=O. The van der Waals surface area contributed by atoms with Gasteiger partial charge in [0.1, 0.15) is 5.75 Å². The summed E-state index contributed by atoms with van der Waals surface area (Å²) in [5.41, 5.74) is 3.48. The highest BCUT2D eigenvalue weighted by Crippen LogP contribution is 2.46. The Morgan fingerprint density at radius 1 is 1.09 bits per heavy atom. The van der Waals surface area contributed by atoms with E-state index in [-0.39, 0.29) is 11.5 Å². The topological polar surface area (TPSA) is 94.2 Å². The molecule has 0 radical (unpaired) electrons. The first-order chi connectivity index (χ1) is 21.7. The van der Waals surface area contributed by atoms with E-state index in [1.165, 1.54) is 11.1 Å². The van der Waals surface area contributed by atoms with Crippen LogP contribution in [0.2, 0.25) is 5.02 Å². The number of nitrogens with zero attached hydrogens (tertiary/aromatic N) is 1. The van der Waals surface area contributed by atoms with E-state index < -0.39 is 21.2 Å². The van der Waals surface area contributed by atoms with Gasteiger partial charge in [0.25, 0.3) is 5.91 Å². The van der Waals surface area contributed by atoms with Crippen molar-refractivity contribution in [3.63, 3.8) is 0 Å². The van der Waals surface area contributed by atoms with Gasteiger partial charge in [-0.05, 0) is 105 Å². The summed E-state index contributed by atoms with van der Waals surface area (Å²) in [4.78, 5) is 15.9. The lowest BCUT2D eigenvalue weighted by atomic mass is 9.69. The average molecular weight is 657 g/mol. The zero-order chi connectivity index (χ0) is 31.6. The van der Waals surface area contributed by atoms with E-state index in [1.54, 1.807) is 13.2 Å². The van der Waals surface area contributed by atoms with Gasteiger partial charge in [-0.1, -0.05) is 36.7 Å². The van der Waals surface area contributed by atoms with E-state index in [9.17, 15) is 13.2 Å². The van der Waals surface area contributed by atoms with Crippen molar-refractivity contribution in [3.8, 4) is 5.75 Å². The molecule has 1 amide bonds. The van der Waals surface area contributed by atoms with E-state index in [2.05, 4.69) is 33.9 Å². The number of rotatable bonds is 5. The molecule has 4 aliphatic rings. The highest BCUT2D eigenvalue weighted by molar-refractivity contribution is 7.90. The number of benzene rings is 2. The third-order valence-electron chi connectivity index (χ3n) is 10.3. The van der Waals surface area contributed by atoms with Gasteiger partial charge in [-0.15, -0.1) is 0 Å². The second-order valence-electron chi connectivity index (χ2n) is 13.2. The number of halogens is 1. The molecule has 45 heavy (non-hydrogen) atoms. The van der Waals surface area contributed by atoms with Crippen molar-refractivity contribution in [2.45, 2.75) is 75.1 Å². The second-order valence-corrected chi connectivity index (χ2v) is 15.6. The Morgan fingerprint density at radius 3 is 2.73 bits per heavy atom. The van der Waals surface area contributed by atoms with Crippen LogP contribution < -0.4 is 14.4 Å². The van der Waals surface area contributed by atoms with Gasteiger partial charge in [-0.2, -0.15) is 0 Å². The number of sulfonamides is 1. The molecule has 10 heteroatoms. The van der Waals surface area contributed by atoms with Gasteiger partial charge < -0.3 is 19.1 Å². The van der Waals surface area contributed by atoms with E-state index in [1.807, 2.05) is 25.1 Å². The fourth-order valence-corrected chi connectivity index (χ4v) is 9.22. The fraction of sp³-hybridized carbons (Fsp3) is 0.571. The summed E-state index contributed by atoms with van der Waals surface area (Å²) in [6, 6.07) is 11.6. The minimum atomic E-state index is -3.92. The van der Waals surface area contributed by atoms with E-state index >= 15 is 0 Å². The van der Waals surface area contributed by atoms with Crippen molar-refractivity contribution in [1.29, 1.82) is 0 Å². The molecule has 2 aromatic carbocycles. The highest BCUT2D eigenvalue weighted by atomic mass is 35.5. The summed E-state index contributed by atoms with van der Waals surface area (Å²) in [5.74, 6) is 0.933.